The molecule has 1 aromatic carbocycles. The second kappa shape index (κ2) is 5.89. The molecule has 110 valence electrons. The lowest BCUT2D eigenvalue weighted by atomic mass is 10.1. The van der Waals surface area contributed by atoms with Crippen LogP contribution in [0.5, 0.6) is 0 Å². The van der Waals surface area contributed by atoms with Crippen LogP contribution in [0.1, 0.15) is 17.5 Å². The SMILES string of the molecule is Cc1ccc(CNC(=O)CC2SC3=NCCN3C2=O)cc1. The van der Waals surface area contributed by atoms with Crippen LogP contribution in [0.2, 0.25) is 0 Å². The second-order valence-corrected chi connectivity index (χ2v) is 6.40. The number of amidine groups is 1. The zero-order valence-electron chi connectivity index (χ0n) is 11.8. The fourth-order valence-electron chi connectivity index (χ4n) is 2.36. The Hall–Kier alpha value is -1.82. The number of hydrogen-bond donors (Lipinski definition) is 1. The predicted octanol–water partition coefficient (Wildman–Crippen LogP) is 1.31. The van der Waals surface area contributed by atoms with Crippen molar-refractivity contribution >= 4 is 28.7 Å². The molecule has 0 aliphatic carbocycles. The normalized spacial score (nSPS) is 20.4. The van der Waals surface area contributed by atoms with Gasteiger partial charge in [-0.2, -0.15) is 0 Å². The smallest absolute Gasteiger partial charge is 0.242 e. The van der Waals surface area contributed by atoms with E-state index in [0.29, 0.717) is 19.6 Å². The van der Waals surface area contributed by atoms with Gasteiger partial charge in [0.1, 0.15) is 5.25 Å². The summed E-state index contributed by atoms with van der Waals surface area (Å²) in [5, 5.41) is 3.33. The summed E-state index contributed by atoms with van der Waals surface area (Å²) in [6, 6.07) is 8.03. The summed E-state index contributed by atoms with van der Waals surface area (Å²) < 4.78 is 0. The number of carbonyl (C=O) groups excluding carboxylic acids is 2. The van der Waals surface area contributed by atoms with Crippen LogP contribution in [0.3, 0.4) is 0 Å². The van der Waals surface area contributed by atoms with Gasteiger partial charge in [0.2, 0.25) is 11.8 Å². The van der Waals surface area contributed by atoms with E-state index in [4.69, 9.17) is 0 Å². The quantitative estimate of drug-likeness (QED) is 0.912. The molecular formula is C15H17N3O2S. The lowest BCUT2D eigenvalue weighted by Gasteiger charge is -2.10. The molecule has 3 rings (SSSR count). The Bertz CT molecular complexity index is 597. The Morgan fingerprint density at radius 3 is 2.90 bits per heavy atom. The van der Waals surface area contributed by atoms with Gasteiger partial charge in [0.05, 0.1) is 6.54 Å². The molecule has 0 saturated carbocycles. The van der Waals surface area contributed by atoms with E-state index in [1.165, 1.54) is 17.3 Å². The Balaban J connectivity index is 1.50. The number of rotatable bonds is 4. The molecule has 0 spiro atoms. The van der Waals surface area contributed by atoms with Crippen LogP contribution in [0.4, 0.5) is 0 Å². The van der Waals surface area contributed by atoms with Crippen molar-refractivity contribution in [3.8, 4) is 0 Å². The summed E-state index contributed by atoms with van der Waals surface area (Å²) in [4.78, 5) is 30.0. The van der Waals surface area contributed by atoms with Crippen molar-refractivity contribution in [2.45, 2.75) is 25.1 Å². The standard InChI is InChI=1S/C15H17N3O2S/c1-10-2-4-11(5-3-10)9-17-13(19)8-12-14(20)18-7-6-16-15(18)21-12/h2-5,12H,6-9H2,1H3,(H,17,19). The molecule has 21 heavy (non-hydrogen) atoms. The van der Waals surface area contributed by atoms with Crippen molar-refractivity contribution in [1.82, 2.24) is 10.2 Å². The number of benzene rings is 1. The van der Waals surface area contributed by atoms with Crippen LogP contribution < -0.4 is 5.32 Å². The van der Waals surface area contributed by atoms with Crippen LogP contribution in [0.15, 0.2) is 29.3 Å². The Kier molecular flexibility index (Phi) is 3.96. The first-order valence-corrected chi connectivity index (χ1v) is 7.86. The van der Waals surface area contributed by atoms with Gasteiger partial charge in [-0.05, 0) is 12.5 Å². The van der Waals surface area contributed by atoms with E-state index in [1.54, 1.807) is 4.90 Å². The third-order valence-corrected chi connectivity index (χ3v) is 4.78. The summed E-state index contributed by atoms with van der Waals surface area (Å²) in [6.45, 7) is 3.86. The Labute approximate surface area is 127 Å². The minimum atomic E-state index is -0.318. The van der Waals surface area contributed by atoms with Crippen LogP contribution in [0, 0.1) is 6.92 Å². The molecule has 1 aromatic rings. The summed E-state index contributed by atoms with van der Waals surface area (Å²) in [6.07, 6.45) is 0.213. The van der Waals surface area contributed by atoms with E-state index in [1.807, 2.05) is 31.2 Å². The minimum absolute atomic E-state index is 0.0155. The molecule has 1 atom stereocenters. The van der Waals surface area contributed by atoms with Crippen LogP contribution in [-0.4, -0.2) is 40.2 Å². The van der Waals surface area contributed by atoms with E-state index >= 15 is 0 Å². The molecule has 2 amide bonds. The first-order chi connectivity index (χ1) is 10.1. The molecule has 1 fully saturated rings. The van der Waals surface area contributed by atoms with Gasteiger partial charge in [-0.3, -0.25) is 19.5 Å². The van der Waals surface area contributed by atoms with Gasteiger partial charge in [-0.25, -0.2) is 0 Å². The molecule has 2 aliphatic heterocycles. The fourth-order valence-corrected chi connectivity index (χ4v) is 3.55. The number of carbonyl (C=O) groups is 2. The lowest BCUT2D eigenvalue weighted by Crippen LogP contribution is -2.33. The molecule has 1 N–H and O–H groups in total. The van der Waals surface area contributed by atoms with Crippen LogP contribution >= 0.6 is 11.8 Å². The number of amides is 2. The highest BCUT2D eigenvalue weighted by Gasteiger charge is 2.40. The predicted molar refractivity (Wildman–Crippen MR) is 83.0 cm³/mol. The second-order valence-electron chi connectivity index (χ2n) is 5.23. The van der Waals surface area contributed by atoms with E-state index in [9.17, 15) is 9.59 Å². The van der Waals surface area contributed by atoms with Crippen molar-refractivity contribution in [2.75, 3.05) is 13.1 Å². The van der Waals surface area contributed by atoms with E-state index in [2.05, 4.69) is 10.3 Å². The van der Waals surface area contributed by atoms with E-state index in [0.717, 1.165) is 10.7 Å². The zero-order valence-corrected chi connectivity index (χ0v) is 12.7. The Morgan fingerprint density at radius 2 is 2.19 bits per heavy atom. The number of aliphatic imine (C=N–C) groups is 1. The van der Waals surface area contributed by atoms with Gasteiger partial charge in [0.15, 0.2) is 5.17 Å². The largest absolute Gasteiger partial charge is 0.352 e. The van der Waals surface area contributed by atoms with Crippen molar-refractivity contribution in [1.29, 1.82) is 0 Å². The number of fused-ring (bicyclic) bond motifs is 1. The summed E-state index contributed by atoms with van der Waals surface area (Å²) in [5.41, 5.74) is 2.25. The third kappa shape index (κ3) is 3.10. The van der Waals surface area contributed by atoms with Gasteiger partial charge in [-0.1, -0.05) is 41.6 Å². The van der Waals surface area contributed by atoms with Crippen molar-refractivity contribution in [2.24, 2.45) is 4.99 Å². The average Bonchev–Trinajstić information content (AvgIpc) is 3.03. The number of hydrogen-bond acceptors (Lipinski definition) is 4. The zero-order chi connectivity index (χ0) is 14.8. The number of nitrogens with one attached hydrogen (secondary N) is 1. The van der Waals surface area contributed by atoms with Gasteiger partial charge in [-0.15, -0.1) is 0 Å². The van der Waals surface area contributed by atoms with Crippen LogP contribution in [0.25, 0.3) is 0 Å². The van der Waals surface area contributed by atoms with Crippen molar-refractivity contribution in [3.05, 3.63) is 35.4 Å². The maximum Gasteiger partial charge on any atom is 0.242 e. The third-order valence-electron chi connectivity index (χ3n) is 3.57. The molecule has 1 saturated heterocycles. The summed E-state index contributed by atoms with van der Waals surface area (Å²) in [7, 11) is 0. The molecule has 1 unspecified atom stereocenters. The molecule has 0 bridgehead atoms. The van der Waals surface area contributed by atoms with Gasteiger partial charge in [0.25, 0.3) is 0 Å². The van der Waals surface area contributed by atoms with Gasteiger partial charge >= 0.3 is 0 Å². The summed E-state index contributed by atoms with van der Waals surface area (Å²) >= 11 is 1.41. The van der Waals surface area contributed by atoms with Gasteiger partial charge < -0.3 is 5.32 Å². The Morgan fingerprint density at radius 1 is 1.43 bits per heavy atom. The average molecular weight is 303 g/mol. The molecule has 5 nitrogen and oxygen atoms in total. The molecule has 0 radical (unpaired) electrons. The van der Waals surface area contributed by atoms with E-state index < -0.39 is 0 Å². The number of aryl methyl sites for hydroxylation is 1. The highest BCUT2D eigenvalue weighted by molar-refractivity contribution is 8.15. The maximum absolute atomic E-state index is 12.1. The fraction of sp³-hybridized carbons (Fsp3) is 0.400. The molecule has 2 heterocycles. The monoisotopic (exact) mass is 303 g/mol. The van der Waals surface area contributed by atoms with Gasteiger partial charge in [0, 0.05) is 19.5 Å². The summed E-state index contributed by atoms with van der Waals surface area (Å²) in [5.74, 6) is -0.0788. The molecular weight excluding hydrogens is 286 g/mol. The maximum atomic E-state index is 12.1. The first kappa shape index (κ1) is 14.1. The van der Waals surface area contributed by atoms with Crippen molar-refractivity contribution < 1.29 is 9.59 Å². The van der Waals surface area contributed by atoms with Crippen molar-refractivity contribution in [3.63, 3.8) is 0 Å². The highest BCUT2D eigenvalue weighted by Crippen LogP contribution is 2.31. The molecule has 2 aliphatic rings. The first-order valence-electron chi connectivity index (χ1n) is 6.98. The molecule has 6 heteroatoms. The number of thioether (sulfide) groups is 1. The molecule has 0 aromatic heterocycles. The van der Waals surface area contributed by atoms with E-state index in [-0.39, 0.29) is 23.5 Å². The number of nitrogens with zero attached hydrogens (tertiary/aromatic N) is 2. The lowest BCUT2D eigenvalue weighted by molar-refractivity contribution is -0.129. The highest BCUT2D eigenvalue weighted by atomic mass is 32.2. The van der Waals surface area contributed by atoms with Crippen LogP contribution in [-0.2, 0) is 16.1 Å². The topological polar surface area (TPSA) is 61.8 Å². The minimum Gasteiger partial charge on any atom is -0.352 e.